The average molecular weight is 337 g/mol. The monoisotopic (exact) mass is 336 g/mol. The molecular weight excluding hydrogens is 315 g/mol. The van der Waals surface area contributed by atoms with Gasteiger partial charge in [-0.1, -0.05) is 44.9 Å². The molecule has 0 aliphatic heterocycles. The summed E-state index contributed by atoms with van der Waals surface area (Å²) in [7, 11) is 0. The lowest BCUT2D eigenvalue weighted by atomic mass is 10.1. The fourth-order valence-corrected chi connectivity index (χ4v) is 2.84. The Kier molecular flexibility index (Phi) is 9.30. The molecule has 0 bridgehead atoms. The van der Waals surface area contributed by atoms with Crippen molar-refractivity contribution in [2.24, 2.45) is 5.73 Å². The third-order valence-electron chi connectivity index (χ3n) is 2.51. The summed E-state index contributed by atoms with van der Waals surface area (Å²) in [5, 5.41) is 3.91. The molecular formula is C14H22Cl2N2OS. The molecule has 1 aromatic rings. The summed E-state index contributed by atoms with van der Waals surface area (Å²) in [6.07, 6.45) is 1.57. The topological polar surface area (TPSA) is 55.1 Å². The van der Waals surface area contributed by atoms with Gasteiger partial charge >= 0.3 is 0 Å². The van der Waals surface area contributed by atoms with E-state index in [0.29, 0.717) is 16.7 Å². The van der Waals surface area contributed by atoms with Crippen LogP contribution in [0.15, 0.2) is 23.1 Å². The molecule has 0 aliphatic carbocycles. The summed E-state index contributed by atoms with van der Waals surface area (Å²) in [6.45, 7) is 6.18. The molecule has 1 unspecified atom stereocenters. The maximum absolute atomic E-state index is 12.0. The van der Waals surface area contributed by atoms with Gasteiger partial charge < -0.3 is 11.1 Å². The van der Waals surface area contributed by atoms with Gasteiger partial charge in [0, 0.05) is 10.1 Å². The molecule has 0 saturated carbocycles. The molecule has 0 spiro atoms. The minimum atomic E-state index is -0.471. The van der Waals surface area contributed by atoms with E-state index in [1.54, 1.807) is 11.8 Å². The van der Waals surface area contributed by atoms with E-state index < -0.39 is 6.04 Å². The zero-order valence-corrected chi connectivity index (χ0v) is 14.4. The highest BCUT2D eigenvalue weighted by molar-refractivity contribution is 8.00. The number of benzene rings is 1. The third-order valence-corrected chi connectivity index (χ3v) is 4.09. The Balaban J connectivity index is 0.00000361. The predicted molar refractivity (Wildman–Crippen MR) is 91.2 cm³/mol. The summed E-state index contributed by atoms with van der Waals surface area (Å²) in [5.74, 6) is -0.158. The van der Waals surface area contributed by atoms with E-state index in [1.807, 2.05) is 25.1 Å². The molecule has 1 atom stereocenters. The first kappa shape index (κ1) is 19.6. The van der Waals surface area contributed by atoms with Crippen LogP contribution in [-0.2, 0) is 4.79 Å². The lowest BCUT2D eigenvalue weighted by Gasteiger charge is -2.16. The summed E-state index contributed by atoms with van der Waals surface area (Å²) in [4.78, 5) is 12.9. The van der Waals surface area contributed by atoms with Crippen LogP contribution in [0.4, 0.5) is 5.69 Å². The number of halogens is 2. The molecule has 0 fully saturated rings. The SMILES string of the molecule is CCCC(N)C(=O)Nc1cccc(Cl)c1SC(C)C.Cl. The van der Waals surface area contributed by atoms with Crippen LogP contribution < -0.4 is 11.1 Å². The highest BCUT2D eigenvalue weighted by Gasteiger charge is 2.16. The molecule has 20 heavy (non-hydrogen) atoms. The molecule has 3 N–H and O–H groups in total. The van der Waals surface area contributed by atoms with Crippen LogP contribution in [0.25, 0.3) is 0 Å². The number of carbonyl (C=O) groups excluding carboxylic acids is 1. The molecule has 0 aromatic heterocycles. The molecule has 0 saturated heterocycles. The van der Waals surface area contributed by atoms with Gasteiger partial charge in [0.25, 0.3) is 0 Å². The Morgan fingerprint density at radius 2 is 2.10 bits per heavy atom. The maximum atomic E-state index is 12.0. The molecule has 3 nitrogen and oxygen atoms in total. The van der Waals surface area contributed by atoms with E-state index in [2.05, 4.69) is 19.2 Å². The van der Waals surface area contributed by atoms with Gasteiger partial charge in [0.15, 0.2) is 0 Å². The van der Waals surface area contributed by atoms with Crippen molar-refractivity contribution in [2.75, 3.05) is 5.32 Å². The number of rotatable bonds is 6. The van der Waals surface area contributed by atoms with Crippen molar-refractivity contribution >= 4 is 47.4 Å². The van der Waals surface area contributed by atoms with E-state index in [1.165, 1.54) is 0 Å². The lowest BCUT2D eigenvalue weighted by Crippen LogP contribution is -2.35. The number of nitrogens with one attached hydrogen (secondary N) is 1. The van der Waals surface area contributed by atoms with Crippen molar-refractivity contribution < 1.29 is 4.79 Å². The van der Waals surface area contributed by atoms with Crippen LogP contribution in [0.1, 0.15) is 33.6 Å². The van der Waals surface area contributed by atoms with Gasteiger partial charge in [-0.25, -0.2) is 0 Å². The van der Waals surface area contributed by atoms with Crippen molar-refractivity contribution in [1.82, 2.24) is 0 Å². The summed E-state index contributed by atoms with van der Waals surface area (Å²) in [6, 6.07) is 5.04. The van der Waals surface area contributed by atoms with Crippen LogP contribution in [0.5, 0.6) is 0 Å². The van der Waals surface area contributed by atoms with Gasteiger partial charge in [-0.2, -0.15) is 0 Å². The van der Waals surface area contributed by atoms with E-state index in [9.17, 15) is 4.79 Å². The number of amides is 1. The molecule has 1 amide bonds. The predicted octanol–water partition coefficient (Wildman–Crippen LogP) is 4.33. The van der Waals surface area contributed by atoms with Crippen molar-refractivity contribution in [3.63, 3.8) is 0 Å². The molecule has 1 aromatic carbocycles. The van der Waals surface area contributed by atoms with Gasteiger partial charge in [-0.15, -0.1) is 24.2 Å². The largest absolute Gasteiger partial charge is 0.324 e. The van der Waals surface area contributed by atoms with E-state index in [0.717, 1.165) is 17.0 Å². The molecule has 0 aliphatic rings. The zero-order chi connectivity index (χ0) is 14.4. The van der Waals surface area contributed by atoms with E-state index in [-0.39, 0.29) is 18.3 Å². The average Bonchev–Trinajstić information content (AvgIpc) is 2.33. The Bertz CT molecular complexity index is 441. The van der Waals surface area contributed by atoms with Crippen molar-refractivity contribution in [3.8, 4) is 0 Å². The van der Waals surface area contributed by atoms with Gasteiger partial charge in [0.1, 0.15) is 0 Å². The normalized spacial score (nSPS) is 11.9. The van der Waals surface area contributed by atoms with Gasteiger partial charge in [-0.05, 0) is 18.6 Å². The highest BCUT2D eigenvalue weighted by Crippen LogP contribution is 2.36. The van der Waals surface area contributed by atoms with Crippen molar-refractivity contribution in [1.29, 1.82) is 0 Å². The molecule has 6 heteroatoms. The van der Waals surface area contributed by atoms with Crippen LogP contribution in [0.2, 0.25) is 5.02 Å². The smallest absolute Gasteiger partial charge is 0.241 e. The maximum Gasteiger partial charge on any atom is 0.241 e. The summed E-state index contributed by atoms with van der Waals surface area (Å²) >= 11 is 7.83. The summed E-state index contributed by atoms with van der Waals surface area (Å²) < 4.78 is 0. The third kappa shape index (κ3) is 5.92. The second-order valence-corrected chi connectivity index (χ2v) is 6.66. The van der Waals surface area contributed by atoms with Crippen LogP contribution in [0, 0.1) is 0 Å². The Labute approximate surface area is 136 Å². The minimum Gasteiger partial charge on any atom is -0.324 e. The first-order chi connectivity index (χ1) is 8.95. The number of carbonyl (C=O) groups is 1. The van der Waals surface area contributed by atoms with E-state index >= 15 is 0 Å². The molecule has 1 rings (SSSR count). The lowest BCUT2D eigenvalue weighted by molar-refractivity contribution is -0.117. The zero-order valence-electron chi connectivity index (χ0n) is 12.0. The molecule has 114 valence electrons. The first-order valence-corrected chi connectivity index (χ1v) is 7.73. The Morgan fingerprint density at radius 3 is 2.65 bits per heavy atom. The van der Waals surface area contributed by atoms with Crippen molar-refractivity contribution in [2.45, 2.75) is 49.8 Å². The fourth-order valence-electron chi connectivity index (χ4n) is 1.63. The highest BCUT2D eigenvalue weighted by atomic mass is 35.5. The number of hydrogen-bond acceptors (Lipinski definition) is 3. The first-order valence-electron chi connectivity index (χ1n) is 6.47. The Morgan fingerprint density at radius 1 is 1.45 bits per heavy atom. The van der Waals surface area contributed by atoms with Crippen LogP contribution >= 0.6 is 35.8 Å². The fraction of sp³-hybridized carbons (Fsp3) is 0.500. The number of thioether (sulfide) groups is 1. The molecule has 0 radical (unpaired) electrons. The quantitative estimate of drug-likeness (QED) is 0.760. The number of hydrogen-bond donors (Lipinski definition) is 2. The van der Waals surface area contributed by atoms with E-state index in [4.69, 9.17) is 17.3 Å². The standard InChI is InChI=1S/C14H21ClN2OS.ClH/c1-4-6-11(16)14(18)17-12-8-5-7-10(15)13(12)19-9(2)3;/h5,7-9,11H,4,6,16H2,1-3H3,(H,17,18);1H. The van der Waals surface area contributed by atoms with Gasteiger partial charge in [-0.3, -0.25) is 4.79 Å². The second-order valence-electron chi connectivity index (χ2n) is 4.67. The minimum absolute atomic E-state index is 0. The second kappa shape index (κ2) is 9.50. The van der Waals surface area contributed by atoms with Crippen LogP contribution in [-0.4, -0.2) is 17.2 Å². The summed E-state index contributed by atoms with van der Waals surface area (Å²) in [5.41, 5.74) is 6.55. The Hall–Kier alpha value is -0.420. The van der Waals surface area contributed by atoms with Crippen LogP contribution in [0.3, 0.4) is 0 Å². The van der Waals surface area contributed by atoms with Crippen molar-refractivity contribution in [3.05, 3.63) is 23.2 Å². The van der Waals surface area contributed by atoms with Gasteiger partial charge in [0.05, 0.1) is 16.8 Å². The number of nitrogens with two attached hydrogens (primary N) is 1. The van der Waals surface area contributed by atoms with Gasteiger partial charge in [0.2, 0.25) is 5.91 Å². The number of anilines is 1. The molecule has 0 heterocycles.